The number of anilines is 2. The van der Waals surface area contributed by atoms with E-state index in [9.17, 15) is 4.79 Å². The van der Waals surface area contributed by atoms with Crippen molar-refractivity contribution in [2.45, 2.75) is 40.0 Å². The van der Waals surface area contributed by atoms with E-state index < -0.39 is 0 Å². The second kappa shape index (κ2) is 11.4. The number of halogens is 1. The van der Waals surface area contributed by atoms with Crippen LogP contribution in [0, 0.1) is 5.41 Å². The Balaban J connectivity index is 1.32. The number of esters is 1. The molecule has 0 spiro atoms. The van der Waals surface area contributed by atoms with Crippen LogP contribution in [-0.4, -0.2) is 84.0 Å². The van der Waals surface area contributed by atoms with Gasteiger partial charge in [-0.1, -0.05) is 25.2 Å². The summed E-state index contributed by atoms with van der Waals surface area (Å²) in [5, 5.41) is 1.03. The molecule has 0 aliphatic carbocycles. The van der Waals surface area contributed by atoms with Gasteiger partial charge in [-0.25, -0.2) is 15.0 Å². The van der Waals surface area contributed by atoms with Crippen molar-refractivity contribution in [3.05, 3.63) is 29.0 Å². The molecule has 0 saturated carbocycles. The summed E-state index contributed by atoms with van der Waals surface area (Å²) < 4.78 is 7.54. The molecular weight excluding hydrogens is 566 g/mol. The Bertz CT molecular complexity index is 1280. The number of carbonyl (C=O) groups is 1. The van der Waals surface area contributed by atoms with Gasteiger partial charge in [0.05, 0.1) is 42.2 Å². The number of aromatic nitrogens is 3. The molecule has 2 fully saturated rings. The Morgan fingerprint density at radius 3 is 2.45 bits per heavy atom. The number of thiazole rings is 1. The summed E-state index contributed by atoms with van der Waals surface area (Å²) >= 11 is 5.50. The number of piperidine rings is 1. The summed E-state index contributed by atoms with van der Waals surface area (Å²) in [6.45, 7) is 11.8. The average molecular weight is 603 g/mol. The predicted molar refractivity (Wildman–Crippen MR) is 156 cm³/mol. The van der Waals surface area contributed by atoms with Crippen LogP contribution in [-0.2, 0) is 9.53 Å². The van der Waals surface area contributed by atoms with E-state index in [0.717, 1.165) is 89.9 Å². The molecule has 1 aromatic carbocycles. The van der Waals surface area contributed by atoms with Gasteiger partial charge in [0, 0.05) is 35.5 Å². The van der Waals surface area contributed by atoms with Crippen LogP contribution in [0.3, 0.4) is 0 Å². The van der Waals surface area contributed by atoms with Gasteiger partial charge in [0.1, 0.15) is 0 Å². The van der Waals surface area contributed by atoms with E-state index in [1.54, 1.807) is 11.3 Å². The number of rotatable bonds is 7. The minimum Gasteiger partial charge on any atom is -0.466 e. The van der Waals surface area contributed by atoms with Gasteiger partial charge in [-0.3, -0.25) is 14.6 Å². The molecule has 204 valence electrons. The highest BCUT2D eigenvalue weighted by Gasteiger charge is 2.41. The van der Waals surface area contributed by atoms with Crippen molar-refractivity contribution in [2.24, 2.45) is 5.41 Å². The van der Waals surface area contributed by atoms with Gasteiger partial charge in [-0.05, 0) is 73.4 Å². The molecule has 9 nitrogen and oxygen atoms in total. The SMILES string of the molecule is CCOC(=O)C1(CC)CCN(c2ncc(-c3cc(Br)c4sc(N5CN(C)CN(CC)C5)nc4c3)cn2)CC1. The van der Waals surface area contributed by atoms with Crippen molar-refractivity contribution in [3.63, 3.8) is 0 Å². The van der Waals surface area contributed by atoms with Crippen LogP contribution in [0.15, 0.2) is 29.0 Å². The third-order valence-corrected chi connectivity index (χ3v) is 9.79. The Labute approximate surface area is 236 Å². The summed E-state index contributed by atoms with van der Waals surface area (Å²) in [6.07, 6.45) is 6.07. The van der Waals surface area contributed by atoms with E-state index >= 15 is 0 Å². The molecule has 0 N–H and O–H groups in total. The lowest BCUT2D eigenvalue weighted by Gasteiger charge is -2.40. The fourth-order valence-electron chi connectivity index (χ4n) is 5.37. The molecule has 2 aliphatic rings. The summed E-state index contributed by atoms with van der Waals surface area (Å²) in [6, 6.07) is 4.25. The van der Waals surface area contributed by atoms with Crippen molar-refractivity contribution >= 4 is 54.5 Å². The molecule has 2 saturated heterocycles. The maximum Gasteiger partial charge on any atom is 0.312 e. The molecule has 0 atom stereocenters. The number of ether oxygens (including phenoxy) is 1. The van der Waals surface area contributed by atoms with Crippen LogP contribution in [0.4, 0.5) is 11.1 Å². The van der Waals surface area contributed by atoms with Gasteiger partial charge in [0.2, 0.25) is 5.95 Å². The van der Waals surface area contributed by atoms with Crippen LogP contribution in [0.25, 0.3) is 21.3 Å². The van der Waals surface area contributed by atoms with Gasteiger partial charge in [0.15, 0.2) is 5.13 Å². The summed E-state index contributed by atoms with van der Waals surface area (Å²) in [5.41, 5.74) is 2.57. The Hall–Kier alpha value is -2.34. The largest absolute Gasteiger partial charge is 0.466 e. The van der Waals surface area contributed by atoms with E-state index in [0.29, 0.717) is 12.6 Å². The van der Waals surface area contributed by atoms with E-state index in [1.165, 1.54) is 0 Å². The number of fused-ring (bicyclic) bond motifs is 1. The molecule has 3 aromatic rings. The number of hydrogen-bond acceptors (Lipinski definition) is 10. The zero-order valence-electron chi connectivity index (χ0n) is 22.6. The lowest BCUT2D eigenvalue weighted by atomic mass is 9.76. The first-order valence-corrected chi connectivity index (χ1v) is 15.0. The molecule has 11 heteroatoms. The minimum absolute atomic E-state index is 0.0698. The maximum atomic E-state index is 12.6. The van der Waals surface area contributed by atoms with Crippen LogP contribution < -0.4 is 9.80 Å². The van der Waals surface area contributed by atoms with E-state index in [1.807, 2.05) is 19.3 Å². The highest BCUT2D eigenvalue weighted by molar-refractivity contribution is 9.10. The molecule has 38 heavy (non-hydrogen) atoms. The molecule has 0 unspecified atom stereocenters. The second-order valence-electron chi connectivity index (χ2n) is 10.2. The van der Waals surface area contributed by atoms with E-state index in [-0.39, 0.29) is 11.4 Å². The summed E-state index contributed by atoms with van der Waals surface area (Å²) in [5.74, 6) is 0.632. The summed E-state index contributed by atoms with van der Waals surface area (Å²) in [7, 11) is 2.14. The monoisotopic (exact) mass is 601 g/mol. The second-order valence-corrected chi connectivity index (χ2v) is 12.1. The smallest absolute Gasteiger partial charge is 0.312 e. The van der Waals surface area contributed by atoms with Crippen LogP contribution >= 0.6 is 27.3 Å². The Morgan fingerprint density at radius 2 is 1.79 bits per heavy atom. The van der Waals surface area contributed by atoms with Crippen molar-refractivity contribution in [1.82, 2.24) is 24.8 Å². The van der Waals surface area contributed by atoms with Crippen molar-refractivity contribution in [3.8, 4) is 11.1 Å². The zero-order valence-corrected chi connectivity index (χ0v) is 25.0. The van der Waals surface area contributed by atoms with Crippen molar-refractivity contribution < 1.29 is 9.53 Å². The lowest BCUT2D eigenvalue weighted by molar-refractivity contribution is -0.157. The van der Waals surface area contributed by atoms with Crippen molar-refractivity contribution in [1.29, 1.82) is 0 Å². The van der Waals surface area contributed by atoms with Gasteiger partial charge in [-0.15, -0.1) is 0 Å². The standard InChI is InChI=1S/C27H36BrN7O2S/c1-5-27(24(36)37-7-3)8-10-34(11-9-27)25-29-14-20(15-30-25)19-12-21(28)23-22(13-19)31-26(38-23)35-17-32(4)16-33(6-2)18-35/h12-15H,5-11,16-18H2,1-4H3. The van der Waals surface area contributed by atoms with Gasteiger partial charge in [0.25, 0.3) is 0 Å². The van der Waals surface area contributed by atoms with Crippen LogP contribution in [0.1, 0.15) is 40.0 Å². The summed E-state index contributed by atoms with van der Waals surface area (Å²) in [4.78, 5) is 36.2. The van der Waals surface area contributed by atoms with Crippen molar-refractivity contribution in [2.75, 3.05) is 63.1 Å². The quantitative estimate of drug-likeness (QED) is 0.347. The predicted octanol–water partition coefficient (Wildman–Crippen LogP) is 5.02. The Kier molecular flexibility index (Phi) is 8.18. The fourth-order valence-corrected chi connectivity index (χ4v) is 7.00. The molecular formula is C27H36BrN7O2S. The van der Waals surface area contributed by atoms with Gasteiger partial charge >= 0.3 is 5.97 Å². The molecule has 4 heterocycles. The first-order valence-electron chi connectivity index (χ1n) is 13.4. The van der Waals surface area contributed by atoms with Crippen LogP contribution in [0.5, 0.6) is 0 Å². The molecule has 0 radical (unpaired) electrons. The van der Waals surface area contributed by atoms with E-state index in [4.69, 9.17) is 19.7 Å². The first-order chi connectivity index (χ1) is 18.4. The average Bonchev–Trinajstić information content (AvgIpc) is 3.38. The number of hydrogen-bond donors (Lipinski definition) is 0. The maximum absolute atomic E-state index is 12.6. The topological polar surface area (TPSA) is 77.9 Å². The molecule has 5 rings (SSSR count). The molecule has 0 amide bonds. The van der Waals surface area contributed by atoms with Gasteiger partial charge in [-0.2, -0.15) is 0 Å². The normalized spacial score (nSPS) is 18.8. The minimum atomic E-state index is -0.390. The molecule has 2 aliphatic heterocycles. The zero-order chi connectivity index (χ0) is 26.9. The number of carbonyl (C=O) groups excluding carboxylic acids is 1. The fraction of sp³-hybridized carbons (Fsp3) is 0.556. The number of nitrogens with zero attached hydrogens (tertiary/aromatic N) is 7. The Morgan fingerprint density at radius 1 is 1.05 bits per heavy atom. The third-order valence-electron chi connectivity index (χ3n) is 7.74. The van der Waals surface area contributed by atoms with Crippen LogP contribution in [0.2, 0.25) is 0 Å². The van der Waals surface area contributed by atoms with Gasteiger partial charge < -0.3 is 14.5 Å². The first kappa shape index (κ1) is 27.2. The molecule has 0 bridgehead atoms. The number of benzene rings is 1. The molecule has 2 aromatic heterocycles. The lowest BCUT2D eigenvalue weighted by Crippen LogP contribution is -2.53. The highest BCUT2D eigenvalue weighted by atomic mass is 79.9. The third kappa shape index (κ3) is 5.38. The highest BCUT2D eigenvalue weighted by Crippen LogP contribution is 2.39. The van der Waals surface area contributed by atoms with E-state index in [2.05, 4.69) is 68.6 Å².